The van der Waals surface area contributed by atoms with Crippen LogP contribution in [0, 0.1) is 17.3 Å². The quantitative estimate of drug-likeness (QED) is 0.667. The van der Waals surface area contributed by atoms with Gasteiger partial charge in [-0.05, 0) is 75.5 Å². The summed E-state index contributed by atoms with van der Waals surface area (Å²) in [6.07, 6.45) is 5.15. The van der Waals surface area contributed by atoms with Crippen LogP contribution in [0.1, 0.15) is 46.9 Å². The van der Waals surface area contributed by atoms with Gasteiger partial charge in [0, 0.05) is 20.6 Å². The first kappa shape index (κ1) is 20.2. The van der Waals surface area contributed by atoms with E-state index in [1.165, 1.54) is 29.8 Å². The summed E-state index contributed by atoms with van der Waals surface area (Å²) in [4.78, 5) is 39.7. The molecule has 32 heavy (non-hydrogen) atoms. The number of aromatic nitrogens is 2. The zero-order valence-corrected chi connectivity index (χ0v) is 18.9. The minimum atomic E-state index is -3.82. The van der Waals surface area contributed by atoms with Crippen molar-refractivity contribution in [3.8, 4) is 0 Å². The number of benzene rings is 1. The number of nitrogens with zero attached hydrogens (tertiary/aromatic N) is 3. The van der Waals surface area contributed by atoms with E-state index in [2.05, 4.69) is 4.72 Å². The van der Waals surface area contributed by atoms with Gasteiger partial charge < -0.3 is 0 Å². The number of fused-ring (bicyclic) bond motifs is 2. The highest BCUT2D eigenvalue weighted by molar-refractivity contribution is 7.89. The molecule has 172 valence electrons. The van der Waals surface area contributed by atoms with Crippen LogP contribution in [0.15, 0.2) is 32.7 Å². The summed E-state index contributed by atoms with van der Waals surface area (Å²) in [5.41, 5.74) is -1.67. The maximum Gasteiger partial charge on any atom is 0.351 e. The largest absolute Gasteiger partial charge is 0.351 e. The van der Waals surface area contributed by atoms with Crippen molar-refractivity contribution in [2.75, 3.05) is 12.1 Å². The number of amides is 1. The molecule has 10 heteroatoms. The van der Waals surface area contributed by atoms with Crippen LogP contribution < -0.4 is 21.0 Å². The molecule has 4 fully saturated rings. The Bertz CT molecular complexity index is 1410. The van der Waals surface area contributed by atoms with Crippen LogP contribution in [0.4, 0.5) is 0 Å². The Morgan fingerprint density at radius 2 is 1.91 bits per heavy atom. The molecule has 4 saturated carbocycles. The van der Waals surface area contributed by atoms with Gasteiger partial charge in [0.2, 0.25) is 15.9 Å². The summed E-state index contributed by atoms with van der Waals surface area (Å²) in [6, 6.07) is 4.31. The monoisotopic (exact) mass is 460 g/mol. The fourth-order valence-corrected chi connectivity index (χ4v) is 6.13. The fraction of sp³-hybridized carbons (Fsp3) is 0.591. The maximum atomic E-state index is 13.4. The molecular formula is C22H28N4O5S. The lowest BCUT2D eigenvalue weighted by Gasteiger charge is -2.23. The fourth-order valence-electron chi connectivity index (χ4n) is 4.64. The molecule has 1 N–H and O–H groups in total. The highest BCUT2D eigenvalue weighted by Crippen LogP contribution is 2.75. The Balaban J connectivity index is 0.00000228. The molecule has 0 saturated heterocycles. The second-order valence-corrected chi connectivity index (χ2v) is 12.1. The van der Waals surface area contributed by atoms with Gasteiger partial charge in [-0.2, -0.15) is 4.68 Å². The molecule has 0 spiro atoms. The third-order valence-electron chi connectivity index (χ3n) is 7.62. The van der Waals surface area contributed by atoms with E-state index in [1.54, 1.807) is 0 Å². The van der Waals surface area contributed by atoms with Crippen molar-refractivity contribution in [3.63, 3.8) is 0 Å². The minimum Gasteiger partial charge on any atom is -0.291 e. The van der Waals surface area contributed by atoms with E-state index in [9.17, 15) is 22.8 Å². The predicted molar refractivity (Wildman–Crippen MR) is 120 cm³/mol. The molecule has 0 unspecified atom stereocenters. The second-order valence-electron chi connectivity index (χ2n) is 10.4. The lowest BCUT2D eigenvalue weighted by atomic mass is 10.2. The smallest absolute Gasteiger partial charge is 0.291 e. The third kappa shape index (κ3) is 2.99. The van der Waals surface area contributed by atoms with Crippen LogP contribution in [0.3, 0.4) is 0 Å². The molecule has 9 nitrogen and oxygen atoms in total. The van der Waals surface area contributed by atoms with E-state index in [1.807, 2.05) is 6.92 Å². The summed E-state index contributed by atoms with van der Waals surface area (Å²) < 4.78 is 30.9. The topological polar surface area (TPSA) is 110 Å². The van der Waals surface area contributed by atoms with Crippen molar-refractivity contribution in [2.45, 2.75) is 62.4 Å². The van der Waals surface area contributed by atoms with E-state index in [-0.39, 0.29) is 17.6 Å². The minimum absolute atomic E-state index is 0. The van der Waals surface area contributed by atoms with Crippen molar-refractivity contribution in [3.05, 3.63) is 39.0 Å². The van der Waals surface area contributed by atoms with Crippen molar-refractivity contribution in [2.24, 2.45) is 17.3 Å². The van der Waals surface area contributed by atoms with Crippen LogP contribution in [0.5, 0.6) is 0 Å². The molecule has 0 atom stereocenters. The van der Waals surface area contributed by atoms with Crippen LogP contribution in [0.2, 0.25) is 0 Å². The van der Waals surface area contributed by atoms with Crippen molar-refractivity contribution in [1.82, 2.24) is 14.0 Å². The average molecular weight is 461 g/mol. The molecular weight excluding hydrogens is 432 g/mol. The Hall–Kier alpha value is -2.46. The molecule has 4 aliphatic rings. The number of sulfonamides is 1. The van der Waals surface area contributed by atoms with Crippen LogP contribution in [-0.2, 0) is 21.4 Å². The Morgan fingerprint density at radius 3 is 2.47 bits per heavy atom. The van der Waals surface area contributed by atoms with Crippen molar-refractivity contribution >= 4 is 26.8 Å². The zero-order chi connectivity index (χ0) is 22.6. The zero-order valence-electron chi connectivity index (χ0n) is 18.1. The summed E-state index contributed by atoms with van der Waals surface area (Å²) in [5, 5.41) is 1.26. The first-order valence-corrected chi connectivity index (χ1v) is 12.7. The summed E-state index contributed by atoms with van der Waals surface area (Å²) in [7, 11) is -2.36. The summed E-state index contributed by atoms with van der Waals surface area (Å²) >= 11 is 0. The van der Waals surface area contributed by atoms with Crippen LogP contribution >= 0.6 is 0 Å². The first-order valence-electron chi connectivity index (χ1n) is 11.2. The molecule has 1 heterocycles. The molecule has 1 aromatic carbocycles. The second kappa shape index (κ2) is 6.11. The molecule has 2 aromatic rings. The van der Waals surface area contributed by atoms with Gasteiger partial charge in [-0.3, -0.25) is 14.2 Å². The van der Waals surface area contributed by atoms with E-state index in [0.717, 1.165) is 48.2 Å². The van der Waals surface area contributed by atoms with Gasteiger partial charge in [-0.15, -0.1) is 0 Å². The van der Waals surface area contributed by atoms with Crippen molar-refractivity contribution in [1.29, 1.82) is 0 Å². The van der Waals surface area contributed by atoms with Crippen molar-refractivity contribution < 1.29 is 14.6 Å². The van der Waals surface area contributed by atoms with Gasteiger partial charge in [-0.25, -0.2) is 22.9 Å². The molecule has 0 aliphatic heterocycles. The number of hydrogen-bond acceptors (Lipinski definition) is 5. The molecule has 1 amide bonds. The average Bonchev–Trinajstić information content (AvgIpc) is 3.54. The van der Waals surface area contributed by atoms with Crippen LogP contribution in [0.25, 0.3) is 10.9 Å². The van der Waals surface area contributed by atoms with E-state index < -0.39 is 32.2 Å². The van der Waals surface area contributed by atoms with E-state index in [0.29, 0.717) is 23.9 Å². The standard InChI is InChI=1S/C22H26N4O5S.H2/c1-21(7-8-21)23-32(30,31)15-5-6-17-16(9-15)18(27)26(20(29)25(17)12-13-3-4-13)24(2)19(28)22-10-14(22)11-22;/h5-6,9,13-14,23H,3-4,7-8,10-12H2,1-2H3;1H. The Morgan fingerprint density at radius 1 is 1.25 bits per heavy atom. The molecule has 6 rings (SSSR count). The maximum absolute atomic E-state index is 13.4. The number of rotatable bonds is 7. The number of hydrogen-bond donors (Lipinski definition) is 1. The molecule has 0 radical (unpaired) electrons. The highest BCUT2D eigenvalue weighted by atomic mass is 32.2. The van der Waals surface area contributed by atoms with Gasteiger partial charge in [0.05, 0.1) is 21.2 Å². The number of carbonyl (C=O) groups is 1. The molecule has 0 bridgehead atoms. The normalized spacial score (nSPS) is 27.1. The highest BCUT2D eigenvalue weighted by Gasteiger charge is 2.75. The first-order chi connectivity index (χ1) is 15.0. The SMILES string of the molecule is CN(C(=O)C12CC1C2)n1c(=O)c2cc(S(=O)(=O)NC3(C)CC3)ccc2n(CC2CC2)c1=O.[HH]. The summed E-state index contributed by atoms with van der Waals surface area (Å²) in [5.74, 6) is 0.498. The lowest BCUT2D eigenvalue weighted by Crippen LogP contribution is -2.54. The lowest BCUT2D eigenvalue weighted by molar-refractivity contribution is -0.123. The van der Waals surface area contributed by atoms with Gasteiger partial charge >= 0.3 is 5.69 Å². The van der Waals surface area contributed by atoms with Gasteiger partial charge in [-0.1, -0.05) is 0 Å². The third-order valence-corrected chi connectivity index (χ3v) is 9.26. The Labute approximate surface area is 186 Å². The van der Waals surface area contributed by atoms with Gasteiger partial charge in [0.15, 0.2) is 0 Å². The number of nitrogens with one attached hydrogen (secondary N) is 1. The van der Waals surface area contributed by atoms with Crippen LogP contribution in [-0.4, -0.2) is 36.2 Å². The van der Waals surface area contributed by atoms with E-state index in [4.69, 9.17) is 0 Å². The van der Waals surface area contributed by atoms with Gasteiger partial charge in [0.25, 0.3) is 5.56 Å². The van der Waals surface area contributed by atoms with E-state index >= 15 is 0 Å². The summed E-state index contributed by atoms with van der Waals surface area (Å²) in [6.45, 7) is 2.28. The predicted octanol–water partition coefficient (Wildman–Crippen LogP) is 1.15. The number of carbonyl (C=O) groups excluding carboxylic acids is 1. The van der Waals surface area contributed by atoms with Gasteiger partial charge in [0.1, 0.15) is 0 Å². The molecule has 4 aliphatic carbocycles. The Kier molecular flexibility index (Phi) is 3.85. The molecule has 1 aromatic heterocycles.